The fourth-order valence-electron chi connectivity index (χ4n) is 5.37. The van der Waals surface area contributed by atoms with Gasteiger partial charge in [-0.15, -0.1) is 0 Å². The Kier molecular flexibility index (Phi) is 4.17. The molecule has 7 heteroatoms. The summed E-state index contributed by atoms with van der Waals surface area (Å²) in [4.78, 5) is 28.6. The van der Waals surface area contributed by atoms with Crippen molar-refractivity contribution in [3.63, 3.8) is 0 Å². The van der Waals surface area contributed by atoms with Gasteiger partial charge in [-0.1, -0.05) is 30.3 Å². The number of benzene rings is 2. The molecule has 0 aromatic heterocycles. The lowest BCUT2D eigenvalue weighted by atomic mass is 9.78. The van der Waals surface area contributed by atoms with E-state index in [2.05, 4.69) is 15.5 Å². The van der Waals surface area contributed by atoms with Crippen molar-refractivity contribution in [3.8, 4) is 0 Å². The van der Waals surface area contributed by atoms with Crippen LogP contribution >= 0.6 is 0 Å². The normalized spacial score (nSPS) is 27.7. The molecule has 2 N–H and O–H groups in total. The highest BCUT2D eigenvalue weighted by molar-refractivity contribution is 6.09. The van der Waals surface area contributed by atoms with Gasteiger partial charge in [0.25, 0.3) is 0 Å². The monoisotopic (exact) mass is 397 g/mol. The molecular formula is C22H21F2N3O2. The zero-order valence-electron chi connectivity index (χ0n) is 15.8. The van der Waals surface area contributed by atoms with Gasteiger partial charge in [-0.2, -0.15) is 0 Å². The summed E-state index contributed by atoms with van der Waals surface area (Å²) in [5, 5.41) is 5.70. The van der Waals surface area contributed by atoms with E-state index < -0.39 is 23.1 Å². The van der Waals surface area contributed by atoms with Crippen molar-refractivity contribution in [2.75, 3.05) is 11.9 Å². The Hall–Kier alpha value is -2.80. The number of hydrogen-bond donors (Lipinski definition) is 2. The van der Waals surface area contributed by atoms with E-state index in [4.69, 9.17) is 0 Å². The Morgan fingerprint density at radius 3 is 2.90 bits per heavy atom. The maximum Gasteiger partial charge on any atom is 0.250 e. The molecule has 0 aliphatic carbocycles. The number of halogens is 2. The molecule has 2 amide bonds. The van der Waals surface area contributed by atoms with E-state index >= 15 is 0 Å². The van der Waals surface area contributed by atoms with Crippen molar-refractivity contribution in [2.45, 2.75) is 37.4 Å². The Labute approximate surface area is 167 Å². The topological polar surface area (TPSA) is 61.4 Å². The van der Waals surface area contributed by atoms with Crippen molar-refractivity contribution < 1.29 is 18.4 Å². The van der Waals surface area contributed by atoms with Crippen LogP contribution in [-0.4, -0.2) is 29.3 Å². The zero-order valence-corrected chi connectivity index (χ0v) is 15.8. The highest BCUT2D eigenvalue weighted by atomic mass is 19.2. The molecule has 3 aliphatic rings. The average Bonchev–Trinajstić information content (AvgIpc) is 3.37. The molecule has 5 nitrogen and oxygen atoms in total. The summed E-state index contributed by atoms with van der Waals surface area (Å²) in [5.41, 5.74) is 0.607. The summed E-state index contributed by atoms with van der Waals surface area (Å²) in [7, 11) is 0. The minimum atomic E-state index is -1.04. The first kappa shape index (κ1) is 18.2. The Morgan fingerprint density at radius 2 is 2.03 bits per heavy atom. The number of para-hydroxylation sites is 1. The highest BCUT2D eigenvalue weighted by Crippen LogP contribution is 2.55. The van der Waals surface area contributed by atoms with Crippen molar-refractivity contribution in [3.05, 3.63) is 65.2 Å². The molecule has 150 valence electrons. The number of carbonyl (C=O) groups is 2. The number of amides is 2. The van der Waals surface area contributed by atoms with Crippen LogP contribution in [-0.2, 0) is 21.7 Å². The van der Waals surface area contributed by atoms with E-state index in [1.807, 2.05) is 24.3 Å². The van der Waals surface area contributed by atoms with Gasteiger partial charge < -0.3 is 10.6 Å². The van der Waals surface area contributed by atoms with Crippen molar-refractivity contribution in [1.29, 1.82) is 0 Å². The zero-order chi connectivity index (χ0) is 20.2. The van der Waals surface area contributed by atoms with Gasteiger partial charge in [-0.05, 0) is 37.9 Å². The van der Waals surface area contributed by atoms with E-state index in [1.54, 1.807) is 0 Å². The lowest BCUT2D eigenvalue weighted by Crippen LogP contribution is -2.54. The van der Waals surface area contributed by atoms with Gasteiger partial charge in [0.1, 0.15) is 5.54 Å². The fraction of sp³-hybridized carbons (Fsp3) is 0.364. The summed E-state index contributed by atoms with van der Waals surface area (Å²) in [6.07, 6.45) is 2.50. The maximum absolute atomic E-state index is 14.0. The number of fused-ring (bicyclic) bond motifs is 4. The highest BCUT2D eigenvalue weighted by Gasteiger charge is 2.65. The second-order valence-corrected chi connectivity index (χ2v) is 7.97. The van der Waals surface area contributed by atoms with Crippen LogP contribution in [0.2, 0.25) is 0 Å². The van der Waals surface area contributed by atoms with Crippen molar-refractivity contribution in [1.82, 2.24) is 10.2 Å². The molecule has 29 heavy (non-hydrogen) atoms. The summed E-state index contributed by atoms with van der Waals surface area (Å²) >= 11 is 0. The number of carbonyl (C=O) groups excluding carboxylic acids is 2. The maximum atomic E-state index is 14.0. The predicted molar refractivity (Wildman–Crippen MR) is 103 cm³/mol. The first-order valence-electron chi connectivity index (χ1n) is 9.91. The van der Waals surface area contributed by atoms with E-state index in [9.17, 15) is 18.4 Å². The van der Waals surface area contributed by atoms with Gasteiger partial charge in [0.2, 0.25) is 11.8 Å². The summed E-state index contributed by atoms with van der Waals surface area (Å²) in [6, 6.07) is 11.5. The van der Waals surface area contributed by atoms with E-state index in [0.29, 0.717) is 6.42 Å². The van der Waals surface area contributed by atoms with Gasteiger partial charge in [-0.3, -0.25) is 14.5 Å². The van der Waals surface area contributed by atoms with E-state index in [0.717, 1.165) is 36.7 Å². The quantitative estimate of drug-likeness (QED) is 0.837. The Balaban J connectivity index is 1.48. The molecule has 0 unspecified atom stereocenters. The molecule has 0 saturated carbocycles. The third kappa shape index (κ3) is 2.53. The average molecular weight is 397 g/mol. The molecule has 1 spiro atoms. The molecule has 3 atom stereocenters. The minimum absolute atomic E-state index is 0.0853. The summed E-state index contributed by atoms with van der Waals surface area (Å²) in [5.74, 6) is -2.99. The van der Waals surface area contributed by atoms with E-state index in [1.165, 1.54) is 12.1 Å². The largest absolute Gasteiger partial charge is 0.352 e. The molecule has 2 aromatic rings. The van der Waals surface area contributed by atoms with Gasteiger partial charge >= 0.3 is 0 Å². The first-order chi connectivity index (χ1) is 14.0. The van der Waals surface area contributed by atoms with Gasteiger partial charge in [0.15, 0.2) is 11.6 Å². The van der Waals surface area contributed by atoms with Crippen LogP contribution in [0.25, 0.3) is 0 Å². The van der Waals surface area contributed by atoms with Crippen LogP contribution in [0.1, 0.15) is 30.4 Å². The smallest absolute Gasteiger partial charge is 0.250 e. The standard InChI is InChI=1S/C22H21F2N3O2/c23-17-8-3-5-13(19(17)24)12-25-20(28)16-11-14-6-4-10-27(14)22(16)15-7-1-2-9-18(15)26-21(22)29/h1-3,5,7-9,14,16H,4,6,10-12H2,(H,25,28)(H,26,29)/t14-,16+,22+/m1/s1. The molecule has 0 radical (unpaired) electrons. The lowest BCUT2D eigenvalue weighted by molar-refractivity contribution is -0.137. The molecule has 0 bridgehead atoms. The minimum Gasteiger partial charge on any atom is -0.352 e. The number of hydrogen-bond acceptors (Lipinski definition) is 3. The lowest BCUT2D eigenvalue weighted by Gasteiger charge is -2.36. The van der Waals surface area contributed by atoms with Crippen LogP contribution in [0, 0.1) is 17.6 Å². The van der Waals surface area contributed by atoms with Crippen LogP contribution in [0.15, 0.2) is 42.5 Å². The van der Waals surface area contributed by atoms with Crippen LogP contribution in [0.4, 0.5) is 14.5 Å². The Morgan fingerprint density at radius 1 is 1.21 bits per heavy atom. The third-order valence-corrected chi connectivity index (χ3v) is 6.58. The second-order valence-electron chi connectivity index (χ2n) is 7.97. The second kappa shape index (κ2) is 6.62. The molecule has 3 heterocycles. The summed E-state index contributed by atoms with van der Waals surface area (Å²) in [6.45, 7) is 0.637. The predicted octanol–water partition coefficient (Wildman–Crippen LogP) is 2.91. The molecule has 5 rings (SSSR count). The molecular weight excluding hydrogens is 376 g/mol. The summed E-state index contributed by atoms with van der Waals surface area (Å²) < 4.78 is 27.4. The fourth-order valence-corrected chi connectivity index (χ4v) is 5.37. The van der Waals surface area contributed by atoms with Crippen molar-refractivity contribution >= 4 is 17.5 Å². The molecule has 2 aromatic carbocycles. The molecule has 2 fully saturated rings. The van der Waals surface area contributed by atoms with Crippen LogP contribution < -0.4 is 10.6 Å². The molecule has 2 saturated heterocycles. The van der Waals surface area contributed by atoms with Gasteiger partial charge in [0, 0.05) is 29.4 Å². The van der Waals surface area contributed by atoms with Crippen LogP contribution in [0.5, 0.6) is 0 Å². The van der Waals surface area contributed by atoms with Gasteiger partial charge in [-0.25, -0.2) is 8.78 Å². The molecule has 3 aliphatic heterocycles. The number of nitrogens with zero attached hydrogens (tertiary/aromatic N) is 1. The number of anilines is 1. The number of nitrogens with one attached hydrogen (secondary N) is 2. The van der Waals surface area contributed by atoms with Crippen molar-refractivity contribution in [2.24, 2.45) is 5.92 Å². The van der Waals surface area contributed by atoms with Gasteiger partial charge in [0.05, 0.1) is 5.92 Å². The SMILES string of the molecule is O=C(NCc1cccc(F)c1F)[C@@H]1C[C@H]2CCCN2[C@]12C(=O)Nc1ccccc12. The Bertz CT molecular complexity index is 1010. The van der Waals surface area contributed by atoms with E-state index in [-0.39, 0.29) is 30.0 Å². The third-order valence-electron chi connectivity index (χ3n) is 6.58. The van der Waals surface area contributed by atoms with Crippen LogP contribution in [0.3, 0.4) is 0 Å². The first-order valence-corrected chi connectivity index (χ1v) is 9.91. The number of rotatable bonds is 3.